The van der Waals surface area contributed by atoms with E-state index in [2.05, 4.69) is 9.88 Å². The zero-order valence-electron chi connectivity index (χ0n) is 11.5. The van der Waals surface area contributed by atoms with Crippen molar-refractivity contribution in [1.29, 1.82) is 0 Å². The normalized spacial score (nSPS) is 18.6. The van der Waals surface area contributed by atoms with E-state index in [0.29, 0.717) is 5.69 Å². The van der Waals surface area contributed by atoms with E-state index in [9.17, 15) is 4.79 Å². The number of rotatable bonds is 2. The smallest absolute Gasteiger partial charge is 0.240 e. The number of anilines is 2. The van der Waals surface area contributed by atoms with Crippen molar-refractivity contribution in [2.75, 3.05) is 17.2 Å². The number of amides is 1. The van der Waals surface area contributed by atoms with Crippen LogP contribution in [0.15, 0.2) is 24.3 Å². The Hall–Kier alpha value is -2.30. The van der Waals surface area contributed by atoms with Crippen LogP contribution in [0.1, 0.15) is 18.5 Å². The summed E-state index contributed by atoms with van der Waals surface area (Å²) >= 11 is 0. The highest BCUT2D eigenvalue weighted by Gasteiger charge is 2.30. The van der Waals surface area contributed by atoms with Gasteiger partial charge in [-0.25, -0.2) is 0 Å². The molecule has 5 heteroatoms. The number of pyridine rings is 1. The molecule has 1 aromatic heterocycles. The first-order chi connectivity index (χ1) is 9.56. The van der Waals surface area contributed by atoms with Gasteiger partial charge in [-0.2, -0.15) is 0 Å². The van der Waals surface area contributed by atoms with Crippen molar-refractivity contribution in [1.82, 2.24) is 4.98 Å². The average Bonchev–Trinajstić information content (AvgIpc) is 2.87. The lowest BCUT2D eigenvalue weighted by Gasteiger charge is -2.26. The number of nitrogen functional groups attached to an aromatic ring is 1. The minimum Gasteiger partial charge on any atom is -0.399 e. The van der Waals surface area contributed by atoms with Crippen LogP contribution in [0.2, 0.25) is 0 Å². The first-order valence-electron chi connectivity index (χ1n) is 6.79. The summed E-state index contributed by atoms with van der Waals surface area (Å²) in [6.07, 6.45) is 1.78. The van der Waals surface area contributed by atoms with Crippen molar-refractivity contribution in [2.45, 2.75) is 25.8 Å². The number of nitrogens with zero attached hydrogens (tertiary/aromatic N) is 2. The molecule has 0 saturated carbocycles. The molecule has 0 bridgehead atoms. The standard InChI is InChI=1S/C15H18N4O/c1-9-7-14(19-6-2-3-13(19)15(17)20)11-8-10(16)4-5-12(11)18-9/h4-5,7-8,13H,2-3,6,16H2,1H3,(H2,17,20). The van der Waals surface area contributed by atoms with Gasteiger partial charge in [0, 0.05) is 29.0 Å². The largest absolute Gasteiger partial charge is 0.399 e. The maximum absolute atomic E-state index is 11.6. The van der Waals surface area contributed by atoms with E-state index >= 15 is 0 Å². The van der Waals surface area contributed by atoms with Crippen LogP contribution >= 0.6 is 0 Å². The Bertz CT molecular complexity index is 683. The van der Waals surface area contributed by atoms with Gasteiger partial charge in [-0.1, -0.05) is 0 Å². The molecule has 1 aliphatic rings. The Morgan fingerprint density at radius 2 is 2.20 bits per heavy atom. The van der Waals surface area contributed by atoms with Crippen molar-refractivity contribution < 1.29 is 4.79 Å². The summed E-state index contributed by atoms with van der Waals surface area (Å²) in [5.74, 6) is -0.269. The Morgan fingerprint density at radius 3 is 2.95 bits per heavy atom. The third-order valence-electron chi connectivity index (χ3n) is 3.83. The summed E-state index contributed by atoms with van der Waals surface area (Å²) in [6.45, 7) is 2.79. The van der Waals surface area contributed by atoms with Crippen LogP contribution in [-0.4, -0.2) is 23.5 Å². The van der Waals surface area contributed by atoms with Gasteiger partial charge in [-0.3, -0.25) is 9.78 Å². The average molecular weight is 270 g/mol. The van der Waals surface area contributed by atoms with E-state index in [1.807, 2.05) is 31.2 Å². The van der Waals surface area contributed by atoms with Crippen molar-refractivity contribution in [3.05, 3.63) is 30.0 Å². The second-order valence-electron chi connectivity index (χ2n) is 5.31. The molecule has 1 unspecified atom stereocenters. The summed E-state index contributed by atoms with van der Waals surface area (Å²) in [6, 6.07) is 7.43. The van der Waals surface area contributed by atoms with Crippen molar-refractivity contribution in [3.8, 4) is 0 Å². The van der Waals surface area contributed by atoms with Gasteiger partial charge in [0.15, 0.2) is 0 Å². The van der Waals surface area contributed by atoms with E-state index < -0.39 is 0 Å². The van der Waals surface area contributed by atoms with E-state index in [-0.39, 0.29) is 11.9 Å². The molecular weight excluding hydrogens is 252 g/mol. The van der Waals surface area contributed by atoms with Gasteiger partial charge in [0.1, 0.15) is 6.04 Å². The molecule has 1 amide bonds. The van der Waals surface area contributed by atoms with E-state index in [1.54, 1.807) is 0 Å². The number of hydrogen-bond donors (Lipinski definition) is 2. The third-order valence-corrected chi connectivity index (χ3v) is 3.83. The molecule has 0 aliphatic carbocycles. The highest BCUT2D eigenvalue weighted by atomic mass is 16.1. The highest BCUT2D eigenvalue weighted by molar-refractivity contribution is 5.96. The predicted octanol–water partition coefficient (Wildman–Crippen LogP) is 1.58. The lowest BCUT2D eigenvalue weighted by molar-refractivity contribution is -0.119. The molecule has 104 valence electrons. The van der Waals surface area contributed by atoms with Gasteiger partial charge in [0.05, 0.1) is 5.52 Å². The molecule has 0 spiro atoms. The second-order valence-corrected chi connectivity index (χ2v) is 5.31. The summed E-state index contributed by atoms with van der Waals surface area (Å²) in [4.78, 5) is 18.2. The molecule has 2 aromatic rings. The van der Waals surface area contributed by atoms with Crippen molar-refractivity contribution >= 4 is 28.2 Å². The van der Waals surface area contributed by atoms with Crippen molar-refractivity contribution in [3.63, 3.8) is 0 Å². The summed E-state index contributed by atoms with van der Waals surface area (Å²) < 4.78 is 0. The van der Waals surface area contributed by atoms with E-state index in [0.717, 1.165) is 41.7 Å². The SMILES string of the molecule is Cc1cc(N2CCCC2C(N)=O)c2cc(N)ccc2n1. The van der Waals surface area contributed by atoms with Crippen LogP contribution in [-0.2, 0) is 4.79 Å². The molecule has 1 aromatic carbocycles. The van der Waals surface area contributed by atoms with Gasteiger partial charge >= 0.3 is 0 Å². The first kappa shape index (κ1) is 12.7. The second kappa shape index (κ2) is 4.67. The molecule has 1 saturated heterocycles. The van der Waals surface area contributed by atoms with Crippen LogP contribution in [0.25, 0.3) is 10.9 Å². The van der Waals surface area contributed by atoms with E-state index in [1.165, 1.54) is 0 Å². The van der Waals surface area contributed by atoms with Gasteiger partial charge in [0.2, 0.25) is 5.91 Å². The monoisotopic (exact) mass is 270 g/mol. The minimum absolute atomic E-state index is 0.235. The molecule has 20 heavy (non-hydrogen) atoms. The fraction of sp³-hybridized carbons (Fsp3) is 0.333. The molecule has 3 rings (SSSR count). The zero-order valence-corrected chi connectivity index (χ0v) is 11.5. The Labute approximate surface area is 117 Å². The number of fused-ring (bicyclic) bond motifs is 1. The topological polar surface area (TPSA) is 85.2 Å². The lowest BCUT2D eigenvalue weighted by atomic mass is 10.1. The molecule has 1 aliphatic heterocycles. The van der Waals surface area contributed by atoms with Crippen LogP contribution in [0.5, 0.6) is 0 Å². The summed E-state index contributed by atoms with van der Waals surface area (Å²) in [5.41, 5.74) is 14.9. The zero-order chi connectivity index (χ0) is 14.3. The molecular formula is C15H18N4O. The maximum atomic E-state index is 11.6. The minimum atomic E-state index is -0.269. The Morgan fingerprint density at radius 1 is 1.40 bits per heavy atom. The maximum Gasteiger partial charge on any atom is 0.240 e. The van der Waals surface area contributed by atoms with Gasteiger partial charge in [-0.05, 0) is 44.0 Å². The quantitative estimate of drug-likeness (QED) is 0.811. The summed E-state index contributed by atoms with van der Waals surface area (Å²) in [7, 11) is 0. The fourth-order valence-electron chi connectivity index (χ4n) is 2.94. The van der Waals surface area contributed by atoms with Gasteiger partial charge in [-0.15, -0.1) is 0 Å². The number of carbonyl (C=O) groups is 1. The molecule has 1 atom stereocenters. The van der Waals surface area contributed by atoms with E-state index in [4.69, 9.17) is 11.5 Å². The van der Waals surface area contributed by atoms with Crippen molar-refractivity contribution in [2.24, 2.45) is 5.73 Å². The first-order valence-corrected chi connectivity index (χ1v) is 6.79. The number of aryl methyl sites for hydroxylation is 1. The highest BCUT2D eigenvalue weighted by Crippen LogP contribution is 2.33. The van der Waals surface area contributed by atoms with Gasteiger partial charge in [0.25, 0.3) is 0 Å². The van der Waals surface area contributed by atoms with Gasteiger partial charge < -0.3 is 16.4 Å². The molecule has 4 N–H and O–H groups in total. The van der Waals surface area contributed by atoms with Crippen LogP contribution in [0.3, 0.4) is 0 Å². The number of benzene rings is 1. The summed E-state index contributed by atoms with van der Waals surface area (Å²) in [5, 5.41) is 0.976. The number of primary amides is 1. The third kappa shape index (κ3) is 2.05. The molecule has 0 radical (unpaired) electrons. The Kier molecular flexibility index (Phi) is 2.97. The molecule has 5 nitrogen and oxygen atoms in total. The number of nitrogens with two attached hydrogens (primary N) is 2. The van der Waals surface area contributed by atoms with Crippen LogP contribution in [0.4, 0.5) is 11.4 Å². The number of aromatic nitrogens is 1. The number of carbonyl (C=O) groups excluding carboxylic acids is 1. The fourth-order valence-corrected chi connectivity index (χ4v) is 2.94. The lowest BCUT2D eigenvalue weighted by Crippen LogP contribution is -2.40. The molecule has 1 fully saturated rings. The number of hydrogen-bond acceptors (Lipinski definition) is 4. The van der Waals surface area contributed by atoms with Crippen LogP contribution in [0, 0.1) is 6.92 Å². The predicted molar refractivity (Wildman–Crippen MR) is 80.5 cm³/mol. The Balaban J connectivity index is 2.19. The van der Waals surface area contributed by atoms with Crippen LogP contribution < -0.4 is 16.4 Å². The molecule has 2 heterocycles.